The zero-order valence-corrected chi connectivity index (χ0v) is 8.20. The third-order valence-electron chi connectivity index (χ3n) is 2.30. The van der Waals surface area contributed by atoms with Crippen molar-refractivity contribution >= 4 is 11.0 Å². The molecule has 1 N–H and O–H groups in total. The quantitative estimate of drug-likeness (QED) is 0.793. The maximum absolute atomic E-state index is 9.06. The van der Waals surface area contributed by atoms with Crippen molar-refractivity contribution in [2.45, 2.75) is 13.5 Å². The van der Waals surface area contributed by atoms with E-state index in [9.17, 15) is 0 Å². The highest BCUT2D eigenvalue weighted by atomic mass is 16.5. The van der Waals surface area contributed by atoms with Crippen molar-refractivity contribution in [2.75, 3.05) is 7.11 Å². The summed E-state index contributed by atoms with van der Waals surface area (Å²) >= 11 is 0. The summed E-state index contributed by atoms with van der Waals surface area (Å²) < 4.78 is 10.5. The second kappa shape index (κ2) is 3.35. The summed E-state index contributed by atoms with van der Waals surface area (Å²) in [4.78, 5) is 0. The van der Waals surface area contributed by atoms with Gasteiger partial charge in [0.1, 0.15) is 0 Å². The molecule has 3 heteroatoms. The first-order valence-corrected chi connectivity index (χ1v) is 4.42. The van der Waals surface area contributed by atoms with Gasteiger partial charge in [-0.05, 0) is 30.2 Å². The minimum atomic E-state index is 0.0108. The summed E-state index contributed by atoms with van der Waals surface area (Å²) in [6.45, 7) is 1.98. The molecule has 0 spiro atoms. The Hall–Kier alpha value is -1.48. The normalized spacial score (nSPS) is 10.8. The van der Waals surface area contributed by atoms with Gasteiger partial charge in [0.15, 0.2) is 11.3 Å². The van der Waals surface area contributed by atoms with Gasteiger partial charge in [-0.2, -0.15) is 0 Å². The van der Waals surface area contributed by atoms with Crippen LogP contribution in [0.1, 0.15) is 11.1 Å². The van der Waals surface area contributed by atoms with E-state index < -0.39 is 0 Å². The van der Waals surface area contributed by atoms with E-state index in [-0.39, 0.29) is 6.61 Å². The maximum Gasteiger partial charge on any atom is 0.175 e. The van der Waals surface area contributed by atoms with Gasteiger partial charge < -0.3 is 14.3 Å². The highest BCUT2D eigenvalue weighted by molar-refractivity contribution is 5.86. The fraction of sp³-hybridized carbons (Fsp3) is 0.273. The highest BCUT2D eigenvalue weighted by Gasteiger charge is 2.09. The van der Waals surface area contributed by atoms with E-state index in [0.717, 1.165) is 22.1 Å². The Morgan fingerprint density at radius 3 is 2.86 bits per heavy atom. The molecule has 14 heavy (non-hydrogen) atoms. The largest absolute Gasteiger partial charge is 0.493 e. The van der Waals surface area contributed by atoms with Gasteiger partial charge in [0.2, 0.25) is 0 Å². The molecule has 0 saturated heterocycles. The van der Waals surface area contributed by atoms with Crippen LogP contribution < -0.4 is 4.74 Å². The second-order valence-electron chi connectivity index (χ2n) is 3.25. The third kappa shape index (κ3) is 1.26. The van der Waals surface area contributed by atoms with Gasteiger partial charge in [-0.1, -0.05) is 0 Å². The molecule has 0 atom stereocenters. The number of hydrogen-bond acceptors (Lipinski definition) is 3. The molecule has 0 unspecified atom stereocenters. The van der Waals surface area contributed by atoms with Crippen LogP contribution in [-0.4, -0.2) is 12.2 Å². The first-order chi connectivity index (χ1) is 6.76. The molecule has 1 aromatic heterocycles. The van der Waals surface area contributed by atoms with Crippen molar-refractivity contribution in [3.8, 4) is 5.75 Å². The first-order valence-electron chi connectivity index (χ1n) is 4.42. The Kier molecular flexibility index (Phi) is 2.17. The molecule has 3 nitrogen and oxygen atoms in total. The highest BCUT2D eigenvalue weighted by Crippen LogP contribution is 2.30. The number of methoxy groups -OCH3 is 1. The number of fused-ring (bicyclic) bond motifs is 1. The van der Waals surface area contributed by atoms with Gasteiger partial charge in [-0.3, -0.25) is 0 Å². The van der Waals surface area contributed by atoms with E-state index in [2.05, 4.69) is 0 Å². The summed E-state index contributed by atoms with van der Waals surface area (Å²) in [5.74, 6) is 0.666. The molecule has 2 aromatic rings. The van der Waals surface area contributed by atoms with E-state index >= 15 is 0 Å². The van der Waals surface area contributed by atoms with Crippen LogP contribution in [0.25, 0.3) is 11.0 Å². The minimum Gasteiger partial charge on any atom is -0.493 e. The minimum absolute atomic E-state index is 0.0108. The van der Waals surface area contributed by atoms with E-state index in [4.69, 9.17) is 14.3 Å². The number of aliphatic hydroxyl groups excluding tert-OH is 1. The Bertz CT molecular complexity index is 457. The summed E-state index contributed by atoms with van der Waals surface area (Å²) in [6.07, 6.45) is 1.69. The fourth-order valence-corrected chi connectivity index (χ4v) is 1.53. The molecule has 1 heterocycles. The second-order valence-corrected chi connectivity index (χ2v) is 3.25. The van der Waals surface area contributed by atoms with E-state index in [1.807, 2.05) is 13.0 Å². The molecule has 0 radical (unpaired) electrons. The van der Waals surface area contributed by atoms with Crippen LogP contribution in [0.4, 0.5) is 0 Å². The number of benzene rings is 1. The summed E-state index contributed by atoms with van der Waals surface area (Å²) in [6, 6.07) is 3.70. The van der Waals surface area contributed by atoms with Gasteiger partial charge in [0.25, 0.3) is 0 Å². The number of ether oxygens (including phenoxy) is 1. The fourth-order valence-electron chi connectivity index (χ4n) is 1.53. The molecule has 0 aliphatic rings. The zero-order valence-electron chi connectivity index (χ0n) is 8.20. The predicted molar refractivity (Wildman–Crippen MR) is 53.4 cm³/mol. The molecule has 0 aliphatic heterocycles. The van der Waals surface area contributed by atoms with Crippen molar-refractivity contribution in [1.82, 2.24) is 0 Å². The number of aryl methyl sites for hydroxylation is 1. The van der Waals surface area contributed by atoms with Crippen LogP contribution in [0.15, 0.2) is 22.8 Å². The van der Waals surface area contributed by atoms with Gasteiger partial charge in [-0.25, -0.2) is 0 Å². The molecule has 0 bridgehead atoms. The number of aliphatic hydroxyl groups is 1. The van der Waals surface area contributed by atoms with E-state index in [0.29, 0.717) is 5.75 Å². The summed E-state index contributed by atoms with van der Waals surface area (Å²) in [5.41, 5.74) is 2.62. The molecule has 0 aliphatic carbocycles. The van der Waals surface area contributed by atoms with E-state index in [1.165, 1.54) is 0 Å². The average molecular weight is 192 g/mol. The van der Waals surface area contributed by atoms with Crippen LogP contribution in [0, 0.1) is 6.92 Å². The maximum atomic E-state index is 9.06. The molecule has 2 rings (SSSR count). The van der Waals surface area contributed by atoms with Crippen LogP contribution in [0.3, 0.4) is 0 Å². The smallest absolute Gasteiger partial charge is 0.175 e. The molecule has 0 amide bonds. The topological polar surface area (TPSA) is 42.6 Å². The lowest BCUT2D eigenvalue weighted by molar-refractivity contribution is 0.281. The zero-order chi connectivity index (χ0) is 10.1. The summed E-state index contributed by atoms with van der Waals surface area (Å²) in [7, 11) is 1.59. The lowest BCUT2D eigenvalue weighted by Crippen LogP contribution is -1.88. The average Bonchev–Trinajstić information content (AvgIpc) is 2.59. The van der Waals surface area contributed by atoms with Crippen molar-refractivity contribution in [1.29, 1.82) is 0 Å². The van der Waals surface area contributed by atoms with Crippen LogP contribution in [0.2, 0.25) is 0 Å². The lowest BCUT2D eigenvalue weighted by atomic mass is 10.1. The number of hydrogen-bond donors (Lipinski definition) is 1. The molecular formula is C11H12O3. The predicted octanol–water partition coefficient (Wildman–Crippen LogP) is 2.24. The van der Waals surface area contributed by atoms with Gasteiger partial charge in [0, 0.05) is 5.39 Å². The Balaban J connectivity index is 2.76. The monoisotopic (exact) mass is 192 g/mol. The summed E-state index contributed by atoms with van der Waals surface area (Å²) in [5, 5.41) is 10.1. The van der Waals surface area contributed by atoms with E-state index in [1.54, 1.807) is 19.4 Å². The van der Waals surface area contributed by atoms with Crippen molar-refractivity contribution < 1.29 is 14.3 Å². The van der Waals surface area contributed by atoms with Crippen LogP contribution in [-0.2, 0) is 6.61 Å². The van der Waals surface area contributed by atoms with Crippen LogP contribution >= 0.6 is 0 Å². The number of rotatable bonds is 2. The Morgan fingerprint density at radius 1 is 1.43 bits per heavy atom. The Morgan fingerprint density at radius 2 is 2.21 bits per heavy atom. The van der Waals surface area contributed by atoms with Crippen molar-refractivity contribution in [3.05, 3.63) is 29.5 Å². The third-order valence-corrected chi connectivity index (χ3v) is 2.30. The van der Waals surface area contributed by atoms with Gasteiger partial charge >= 0.3 is 0 Å². The number of furan rings is 1. The van der Waals surface area contributed by atoms with Crippen LogP contribution in [0.5, 0.6) is 5.75 Å². The van der Waals surface area contributed by atoms with Gasteiger partial charge in [0.05, 0.1) is 20.0 Å². The van der Waals surface area contributed by atoms with Crippen molar-refractivity contribution in [3.63, 3.8) is 0 Å². The Labute approximate surface area is 81.9 Å². The van der Waals surface area contributed by atoms with Gasteiger partial charge in [-0.15, -0.1) is 0 Å². The molecule has 1 aromatic carbocycles. The SMILES string of the molecule is COc1cc(CO)cc2c(C)coc12. The van der Waals surface area contributed by atoms with Crippen molar-refractivity contribution in [2.24, 2.45) is 0 Å². The standard InChI is InChI=1S/C11H12O3/c1-7-6-14-11-9(7)3-8(5-12)4-10(11)13-2/h3-4,6,12H,5H2,1-2H3. The molecule has 74 valence electrons. The molecular weight excluding hydrogens is 180 g/mol. The molecule has 0 saturated carbocycles. The first kappa shape index (κ1) is 9.09. The lowest BCUT2D eigenvalue weighted by Gasteiger charge is -2.03. The molecule has 0 fully saturated rings.